The van der Waals surface area contributed by atoms with Crippen molar-refractivity contribution in [2.45, 2.75) is 30.7 Å². The van der Waals surface area contributed by atoms with Crippen molar-refractivity contribution >= 4 is 33.5 Å². The number of aliphatic hydroxyl groups excluding tert-OH is 4. The van der Waals surface area contributed by atoms with E-state index in [1.54, 1.807) is 6.20 Å². The van der Waals surface area contributed by atoms with Gasteiger partial charge in [0.25, 0.3) is 0 Å². The molecule has 2 aromatic rings. The molecule has 1 aromatic carbocycles. The zero-order valence-corrected chi connectivity index (χ0v) is 13.5. The number of aromatic nitrogens is 1. The maximum absolute atomic E-state index is 9.99. The van der Waals surface area contributed by atoms with Gasteiger partial charge < -0.3 is 34.9 Å². The van der Waals surface area contributed by atoms with Gasteiger partial charge in [0.2, 0.25) is 6.29 Å². The lowest BCUT2D eigenvalue weighted by molar-refractivity contribution is -0.277. The topological polar surface area (TPSA) is 115 Å². The van der Waals surface area contributed by atoms with Crippen LogP contribution in [-0.4, -0.2) is 62.7 Å². The predicted octanol–water partition coefficient (Wildman–Crippen LogP) is -0.0488. The molecule has 8 heteroatoms. The monoisotopic (exact) mass is 421 g/mol. The lowest BCUT2D eigenvalue weighted by Crippen LogP contribution is -2.60. The minimum Gasteiger partial charge on any atom is -0.460 e. The Balaban J connectivity index is 1.85. The molecule has 1 aromatic heterocycles. The summed E-state index contributed by atoms with van der Waals surface area (Å²) in [7, 11) is 0. The maximum atomic E-state index is 9.99. The highest BCUT2D eigenvalue weighted by atomic mass is 127. The number of halogens is 1. The molecule has 0 radical (unpaired) electrons. The van der Waals surface area contributed by atoms with Gasteiger partial charge in [-0.1, -0.05) is 0 Å². The molecule has 0 amide bonds. The van der Waals surface area contributed by atoms with Crippen molar-refractivity contribution < 1.29 is 29.9 Å². The molecule has 1 aliphatic heterocycles. The number of benzene rings is 1. The molecule has 5 atom stereocenters. The second kappa shape index (κ2) is 6.30. The Morgan fingerprint density at radius 2 is 1.95 bits per heavy atom. The van der Waals surface area contributed by atoms with Crippen molar-refractivity contribution in [1.82, 2.24) is 4.98 Å². The van der Waals surface area contributed by atoms with Gasteiger partial charge in [-0.3, -0.25) is 0 Å². The summed E-state index contributed by atoms with van der Waals surface area (Å²) in [5.74, 6) is 0.456. The Labute approximate surface area is 139 Å². The van der Waals surface area contributed by atoms with Crippen LogP contribution in [0.3, 0.4) is 0 Å². The van der Waals surface area contributed by atoms with Crippen molar-refractivity contribution in [1.29, 1.82) is 0 Å². The van der Waals surface area contributed by atoms with E-state index in [4.69, 9.17) is 9.47 Å². The van der Waals surface area contributed by atoms with Gasteiger partial charge >= 0.3 is 0 Å². The van der Waals surface area contributed by atoms with Crippen LogP contribution in [0.25, 0.3) is 10.9 Å². The summed E-state index contributed by atoms with van der Waals surface area (Å²) in [5.41, 5.74) is 0.861. The largest absolute Gasteiger partial charge is 0.460 e. The third-order valence-electron chi connectivity index (χ3n) is 3.70. The molecule has 0 saturated carbocycles. The first-order valence-electron chi connectivity index (χ1n) is 6.75. The van der Waals surface area contributed by atoms with Crippen LogP contribution in [0.15, 0.2) is 24.4 Å². The molecule has 0 aliphatic carbocycles. The molecule has 0 spiro atoms. The number of aromatic amines is 1. The van der Waals surface area contributed by atoms with Crippen LogP contribution < -0.4 is 4.74 Å². The minimum atomic E-state index is -1.46. The normalized spacial score (nSPS) is 32.3. The summed E-state index contributed by atoms with van der Waals surface area (Å²) in [4.78, 5) is 3.04. The van der Waals surface area contributed by atoms with Crippen molar-refractivity contribution in [3.63, 3.8) is 0 Å². The zero-order valence-electron chi connectivity index (χ0n) is 11.4. The first-order valence-corrected chi connectivity index (χ1v) is 7.83. The summed E-state index contributed by atoms with van der Waals surface area (Å²) in [5, 5.41) is 39.5. The van der Waals surface area contributed by atoms with Crippen molar-refractivity contribution in [3.8, 4) is 5.75 Å². The van der Waals surface area contributed by atoms with Crippen LogP contribution >= 0.6 is 22.6 Å². The Kier molecular flexibility index (Phi) is 4.57. The highest BCUT2D eigenvalue weighted by molar-refractivity contribution is 14.1. The Hall–Kier alpha value is -0.910. The number of H-pyrrole nitrogens is 1. The van der Waals surface area contributed by atoms with Gasteiger partial charge in [-0.05, 0) is 40.8 Å². The second-order valence-corrected chi connectivity index (χ2v) is 6.40. The molecule has 3 rings (SSSR count). The first kappa shape index (κ1) is 16.0. The number of ether oxygens (including phenoxy) is 2. The molecule has 2 heterocycles. The second-order valence-electron chi connectivity index (χ2n) is 5.16. The van der Waals surface area contributed by atoms with Gasteiger partial charge in [-0.15, -0.1) is 0 Å². The predicted molar refractivity (Wildman–Crippen MR) is 85.4 cm³/mol. The van der Waals surface area contributed by atoms with Crippen LogP contribution in [0, 0.1) is 3.57 Å². The fraction of sp³-hybridized carbons (Fsp3) is 0.429. The quantitative estimate of drug-likeness (QED) is 0.444. The van der Waals surface area contributed by atoms with Crippen molar-refractivity contribution in [2.75, 3.05) is 6.61 Å². The molecule has 7 nitrogen and oxygen atoms in total. The summed E-state index contributed by atoms with van der Waals surface area (Å²) < 4.78 is 12.0. The third-order valence-corrected chi connectivity index (χ3v) is 4.37. The van der Waals surface area contributed by atoms with E-state index >= 15 is 0 Å². The third kappa shape index (κ3) is 2.82. The number of hydrogen-bond donors (Lipinski definition) is 5. The lowest BCUT2D eigenvalue weighted by atomic mass is 9.99. The Morgan fingerprint density at radius 3 is 2.68 bits per heavy atom. The molecule has 120 valence electrons. The summed E-state index contributed by atoms with van der Waals surface area (Å²) >= 11 is 2.18. The number of aliphatic hydroxyl groups is 4. The van der Waals surface area contributed by atoms with Crippen molar-refractivity contribution in [3.05, 3.63) is 28.0 Å². The zero-order chi connectivity index (χ0) is 15.9. The Morgan fingerprint density at radius 1 is 1.18 bits per heavy atom. The average molecular weight is 421 g/mol. The lowest BCUT2D eigenvalue weighted by Gasteiger charge is -2.39. The van der Waals surface area contributed by atoms with E-state index in [9.17, 15) is 20.4 Å². The van der Waals surface area contributed by atoms with Crippen molar-refractivity contribution in [2.24, 2.45) is 0 Å². The SMILES string of the molecule is OC[C@@H]1O[C@@H](Oc2c[nH]c3ccc(I)cc23)[C@H](O)[C@@H](O)[C@H]1O. The minimum absolute atomic E-state index is 0.456. The maximum Gasteiger partial charge on any atom is 0.229 e. The molecule has 1 saturated heterocycles. The van der Waals surface area contributed by atoms with Gasteiger partial charge in [0.1, 0.15) is 30.2 Å². The van der Waals surface area contributed by atoms with Crippen LogP contribution in [0.4, 0.5) is 0 Å². The van der Waals surface area contributed by atoms with E-state index in [-0.39, 0.29) is 0 Å². The number of nitrogens with one attached hydrogen (secondary N) is 1. The summed E-state index contributed by atoms with van der Waals surface area (Å²) in [6, 6.07) is 5.75. The van der Waals surface area contributed by atoms with E-state index in [2.05, 4.69) is 27.6 Å². The molecular formula is C14H16INO6. The highest BCUT2D eigenvalue weighted by Crippen LogP contribution is 2.30. The fourth-order valence-electron chi connectivity index (χ4n) is 2.45. The summed E-state index contributed by atoms with van der Waals surface area (Å²) in [6.07, 6.45) is -4.83. The molecule has 1 aliphatic rings. The molecule has 0 unspecified atom stereocenters. The van der Waals surface area contributed by atoms with E-state index in [1.807, 2.05) is 18.2 Å². The number of hydrogen-bond acceptors (Lipinski definition) is 6. The van der Waals surface area contributed by atoms with Gasteiger partial charge in [0.15, 0.2) is 0 Å². The molecule has 1 fully saturated rings. The van der Waals surface area contributed by atoms with E-state index in [0.29, 0.717) is 5.75 Å². The smallest absolute Gasteiger partial charge is 0.229 e. The average Bonchev–Trinajstić information content (AvgIpc) is 2.90. The Bertz CT molecular complexity index is 660. The van der Waals surface area contributed by atoms with Gasteiger partial charge in [0.05, 0.1) is 6.61 Å². The molecule has 5 N–H and O–H groups in total. The van der Waals surface area contributed by atoms with Crippen LogP contribution in [-0.2, 0) is 4.74 Å². The van der Waals surface area contributed by atoms with Gasteiger partial charge in [0, 0.05) is 20.7 Å². The summed E-state index contributed by atoms with van der Waals surface area (Å²) in [6.45, 7) is -0.489. The van der Waals surface area contributed by atoms with E-state index < -0.39 is 37.3 Å². The van der Waals surface area contributed by atoms with E-state index in [0.717, 1.165) is 14.5 Å². The molecule has 22 heavy (non-hydrogen) atoms. The van der Waals surface area contributed by atoms with Crippen LogP contribution in [0.1, 0.15) is 0 Å². The van der Waals surface area contributed by atoms with Crippen LogP contribution in [0.2, 0.25) is 0 Å². The molecular weight excluding hydrogens is 405 g/mol. The fourth-order valence-corrected chi connectivity index (χ4v) is 2.95. The molecule has 0 bridgehead atoms. The standard InChI is InChI=1S/C14H16INO6/c15-6-1-2-8-7(3-6)9(4-16-8)21-14-13(20)12(19)11(18)10(5-17)22-14/h1-4,10-14,16-20H,5H2/t10-,11-,12-,13+,14+/m0/s1. The number of rotatable bonds is 3. The van der Waals surface area contributed by atoms with Gasteiger partial charge in [-0.2, -0.15) is 0 Å². The van der Waals surface area contributed by atoms with E-state index in [1.165, 1.54) is 0 Å². The number of fused-ring (bicyclic) bond motifs is 1. The first-order chi connectivity index (χ1) is 10.5. The van der Waals surface area contributed by atoms with Gasteiger partial charge in [-0.25, -0.2) is 0 Å². The highest BCUT2D eigenvalue weighted by Gasteiger charge is 2.44. The van der Waals surface area contributed by atoms with Crippen LogP contribution in [0.5, 0.6) is 5.75 Å².